The Labute approximate surface area is 93.9 Å². The number of nitrogens with two attached hydrogens (primary N) is 1. The molecule has 0 amide bonds. The van der Waals surface area contributed by atoms with Crippen LogP contribution in [0.5, 0.6) is 0 Å². The van der Waals surface area contributed by atoms with Crippen molar-refractivity contribution in [1.29, 1.82) is 0 Å². The maximum absolute atomic E-state index is 9.77. The van der Waals surface area contributed by atoms with Gasteiger partial charge >= 0.3 is 0 Å². The normalized spacial score (nSPS) is 13.6. The van der Waals surface area contributed by atoms with Crippen LogP contribution in [0.1, 0.15) is 31.6 Å². The summed E-state index contributed by atoms with van der Waals surface area (Å²) in [6.07, 6.45) is -0.680. The summed E-state index contributed by atoms with van der Waals surface area (Å²) >= 11 is 0. The number of aromatic nitrogens is 3. The Hall–Kier alpha value is -1.46. The molecular formula is C11H16N4O. The number of hydrogen-bond donors (Lipinski definition) is 2. The van der Waals surface area contributed by atoms with Gasteiger partial charge in [0.1, 0.15) is 5.52 Å². The molecule has 16 heavy (non-hydrogen) atoms. The first kappa shape index (κ1) is 11.0. The van der Waals surface area contributed by atoms with Crippen LogP contribution in [-0.4, -0.2) is 26.6 Å². The predicted molar refractivity (Wildman–Crippen MR) is 61.9 cm³/mol. The van der Waals surface area contributed by atoms with E-state index in [1.165, 1.54) is 0 Å². The van der Waals surface area contributed by atoms with E-state index in [-0.39, 0.29) is 12.6 Å². The van der Waals surface area contributed by atoms with Crippen LogP contribution in [0.25, 0.3) is 11.0 Å². The molecule has 2 aromatic rings. The smallest absolute Gasteiger partial charge is 0.119 e. The molecular weight excluding hydrogens is 204 g/mol. The van der Waals surface area contributed by atoms with Crippen molar-refractivity contribution in [2.45, 2.75) is 26.0 Å². The van der Waals surface area contributed by atoms with Crippen molar-refractivity contribution < 1.29 is 5.11 Å². The molecule has 0 radical (unpaired) electrons. The fourth-order valence-electron chi connectivity index (χ4n) is 1.76. The zero-order valence-electron chi connectivity index (χ0n) is 9.46. The number of nitrogens with zero attached hydrogens (tertiary/aromatic N) is 3. The minimum Gasteiger partial charge on any atom is -0.387 e. The summed E-state index contributed by atoms with van der Waals surface area (Å²) in [6, 6.07) is 5.91. The molecule has 1 atom stereocenters. The van der Waals surface area contributed by atoms with E-state index >= 15 is 0 Å². The molecule has 5 nitrogen and oxygen atoms in total. The second kappa shape index (κ2) is 4.19. The van der Waals surface area contributed by atoms with Crippen LogP contribution in [0.15, 0.2) is 18.2 Å². The topological polar surface area (TPSA) is 77.0 Å². The van der Waals surface area contributed by atoms with E-state index in [2.05, 4.69) is 10.3 Å². The molecule has 0 saturated heterocycles. The number of aliphatic hydroxyl groups excluding tert-OH is 1. The maximum atomic E-state index is 9.77. The SMILES string of the molecule is CC(C)n1nnc2c(C(O)CN)cccc21. The second-order valence-electron chi connectivity index (χ2n) is 4.09. The molecule has 0 aliphatic heterocycles. The first-order chi connectivity index (χ1) is 7.65. The van der Waals surface area contributed by atoms with E-state index in [4.69, 9.17) is 5.73 Å². The zero-order valence-corrected chi connectivity index (χ0v) is 9.46. The van der Waals surface area contributed by atoms with Crippen LogP contribution in [0.4, 0.5) is 0 Å². The van der Waals surface area contributed by atoms with Gasteiger partial charge in [-0.15, -0.1) is 5.10 Å². The molecule has 3 N–H and O–H groups in total. The van der Waals surface area contributed by atoms with Crippen LogP contribution in [-0.2, 0) is 0 Å². The van der Waals surface area contributed by atoms with Gasteiger partial charge in [-0.25, -0.2) is 4.68 Å². The standard InChI is InChI=1S/C11H16N4O/c1-7(2)15-9-5-3-4-8(10(16)6-12)11(9)13-14-15/h3-5,7,10,16H,6,12H2,1-2H3. The van der Waals surface area contributed by atoms with E-state index in [0.717, 1.165) is 16.6 Å². The largest absolute Gasteiger partial charge is 0.387 e. The Morgan fingerprint density at radius 3 is 2.81 bits per heavy atom. The lowest BCUT2D eigenvalue weighted by Gasteiger charge is -2.09. The van der Waals surface area contributed by atoms with Crippen LogP contribution in [0.2, 0.25) is 0 Å². The highest BCUT2D eigenvalue weighted by Gasteiger charge is 2.14. The van der Waals surface area contributed by atoms with Crippen molar-refractivity contribution in [3.05, 3.63) is 23.8 Å². The highest BCUT2D eigenvalue weighted by molar-refractivity contribution is 5.78. The van der Waals surface area contributed by atoms with Gasteiger partial charge in [0, 0.05) is 18.2 Å². The van der Waals surface area contributed by atoms with Crippen molar-refractivity contribution in [3.63, 3.8) is 0 Å². The highest BCUT2D eigenvalue weighted by Crippen LogP contribution is 2.23. The molecule has 0 spiro atoms. The van der Waals surface area contributed by atoms with E-state index < -0.39 is 6.10 Å². The zero-order chi connectivity index (χ0) is 11.7. The molecule has 0 saturated carbocycles. The van der Waals surface area contributed by atoms with Gasteiger partial charge in [0.2, 0.25) is 0 Å². The molecule has 5 heteroatoms. The van der Waals surface area contributed by atoms with Gasteiger partial charge in [-0.1, -0.05) is 17.3 Å². The summed E-state index contributed by atoms with van der Waals surface area (Å²) in [4.78, 5) is 0. The average molecular weight is 220 g/mol. The number of aliphatic hydroxyl groups is 1. The molecule has 1 unspecified atom stereocenters. The minimum atomic E-state index is -0.680. The third kappa shape index (κ3) is 1.68. The van der Waals surface area contributed by atoms with Gasteiger partial charge in [0.15, 0.2) is 0 Å². The van der Waals surface area contributed by atoms with E-state index in [0.29, 0.717) is 0 Å². The lowest BCUT2D eigenvalue weighted by Crippen LogP contribution is -2.12. The van der Waals surface area contributed by atoms with Crippen molar-refractivity contribution in [2.24, 2.45) is 5.73 Å². The fourth-order valence-corrected chi connectivity index (χ4v) is 1.76. The van der Waals surface area contributed by atoms with Crippen LogP contribution >= 0.6 is 0 Å². The monoisotopic (exact) mass is 220 g/mol. The Kier molecular flexibility index (Phi) is 2.89. The van der Waals surface area contributed by atoms with E-state index in [1.807, 2.05) is 36.7 Å². The van der Waals surface area contributed by atoms with Crippen LogP contribution < -0.4 is 5.73 Å². The van der Waals surface area contributed by atoms with Crippen molar-refractivity contribution in [3.8, 4) is 0 Å². The van der Waals surface area contributed by atoms with Gasteiger partial charge in [0.25, 0.3) is 0 Å². The van der Waals surface area contributed by atoms with Gasteiger partial charge in [-0.3, -0.25) is 0 Å². The minimum absolute atomic E-state index is 0.188. The second-order valence-corrected chi connectivity index (χ2v) is 4.09. The lowest BCUT2D eigenvalue weighted by molar-refractivity contribution is 0.188. The molecule has 0 aliphatic rings. The molecule has 1 aromatic heterocycles. The number of rotatable bonds is 3. The first-order valence-corrected chi connectivity index (χ1v) is 5.37. The van der Waals surface area contributed by atoms with Gasteiger partial charge in [-0.05, 0) is 19.9 Å². The molecule has 0 aliphatic carbocycles. The summed E-state index contributed by atoms with van der Waals surface area (Å²) in [5.74, 6) is 0. The van der Waals surface area contributed by atoms with Gasteiger partial charge in [-0.2, -0.15) is 0 Å². The maximum Gasteiger partial charge on any atom is 0.119 e. The Bertz CT molecular complexity index is 492. The quantitative estimate of drug-likeness (QED) is 0.809. The van der Waals surface area contributed by atoms with Crippen molar-refractivity contribution in [2.75, 3.05) is 6.54 Å². The Balaban J connectivity index is 2.62. The first-order valence-electron chi connectivity index (χ1n) is 5.37. The molecule has 1 heterocycles. The molecule has 1 aromatic carbocycles. The van der Waals surface area contributed by atoms with Crippen LogP contribution in [0.3, 0.4) is 0 Å². The summed E-state index contributed by atoms with van der Waals surface area (Å²) in [7, 11) is 0. The third-order valence-corrected chi connectivity index (χ3v) is 2.61. The molecule has 86 valence electrons. The molecule has 0 bridgehead atoms. The van der Waals surface area contributed by atoms with Crippen LogP contribution in [0, 0.1) is 0 Å². The van der Waals surface area contributed by atoms with Gasteiger partial charge < -0.3 is 10.8 Å². The Morgan fingerprint density at radius 1 is 1.44 bits per heavy atom. The third-order valence-electron chi connectivity index (χ3n) is 2.61. The fraction of sp³-hybridized carbons (Fsp3) is 0.455. The number of benzene rings is 1. The predicted octanol–water partition coefficient (Wildman–Crippen LogP) is 1.00. The number of fused-ring (bicyclic) bond motifs is 1. The summed E-state index contributed by atoms with van der Waals surface area (Å²) in [6.45, 7) is 4.27. The highest BCUT2D eigenvalue weighted by atomic mass is 16.3. The lowest BCUT2D eigenvalue weighted by atomic mass is 10.1. The summed E-state index contributed by atoms with van der Waals surface area (Å²) < 4.78 is 1.84. The molecule has 2 rings (SSSR count). The summed E-state index contributed by atoms with van der Waals surface area (Å²) in [5, 5.41) is 18.0. The summed E-state index contributed by atoms with van der Waals surface area (Å²) in [5.41, 5.74) is 7.86. The van der Waals surface area contributed by atoms with E-state index in [1.54, 1.807) is 0 Å². The Morgan fingerprint density at radius 2 is 2.19 bits per heavy atom. The van der Waals surface area contributed by atoms with Crippen molar-refractivity contribution >= 4 is 11.0 Å². The molecule has 0 fully saturated rings. The van der Waals surface area contributed by atoms with Crippen molar-refractivity contribution in [1.82, 2.24) is 15.0 Å². The van der Waals surface area contributed by atoms with Gasteiger partial charge in [0.05, 0.1) is 11.6 Å². The number of hydrogen-bond acceptors (Lipinski definition) is 4. The average Bonchev–Trinajstić information content (AvgIpc) is 2.71. The van der Waals surface area contributed by atoms with E-state index in [9.17, 15) is 5.11 Å².